The van der Waals surface area contributed by atoms with Gasteiger partial charge in [0.15, 0.2) is 17.1 Å². The molecule has 0 aliphatic carbocycles. The maximum absolute atomic E-state index is 12.4. The maximum atomic E-state index is 12.4. The van der Waals surface area contributed by atoms with E-state index in [0.29, 0.717) is 4.57 Å². The van der Waals surface area contributed by atoms with Gasteiger partial charge < -0.3 is 54.5 Å². The molecular formula is C19H26N6O21P4S. The van der Waals surface area contributed by atoms with Gasteiger partial charge in [0, 0.05) is 12.3 Å². The van der Waals surface area contributed by atoms with Gasteiger partial charge in [-0.1, -0.05) is 12.2 Å². The average molecular weight is 830 g/mol. The maximum Gasteiger partial charge on any atom is 0.490 e. The highest BCUT2D eigenvalue weighted by molar-refractivity contribution is 7.71. The molecule has 3 aromatic heterocycles. The number of fused-ring (bicyclic) bond motifs is 1. The van der Waals surface area contributed by atoms with Crippen molar-refractivity contribution in [2.45, 2.75) is 49.1 Å². The Morgan fingerprint density at radius 2 is 1.25 bits per heavy atom. The van der Waals surface area contributed by atoms with Crippen LogP contribution in [0.25, 0.3) is 11.2 Å². The minimum absolute atomic E-state index is 0.0918. The van der Waals surface area contributed by atoms with Crippen LogP contribution in [0.15, 0.2) is 34.5 Å². The molecule has 3 aromatic rings. The van der Waals surface area contributed by atoms with Gasteiger partial charge in [-0.05, 0) is 0 Å². The number of aliphatic hydroxyl groups excluding tert-OH is 4. The van der Waals surface area contributed by atoms with Gasteiger partial charge in [-0.3, -0.25) is 28.0 Å². The van der Waals surface area contributed by atoms with Crippen LogP contribution in [0.5, 0.6) is 0 Å². The molecule has 5 heterocycles. The van der Waals surface area contributed by atoms with E-state index in [1.54, 1.807) is 0 Å². The third kappa shape index (κ3) is 9.29. The van der Waals surface area contributed by atoms with Crippen LogP contribution in [0.2, 0.25) is 0 Å². The molecule has 2 aliphatic heterocycles. The molecule has 2 saturated heterocycles. The van der Waals surface area contributed by atoms with Crippen molar-refractivity contribution in [3.63, 3.8) is 0 Å². The van der Waals surface area contributed by atoms with Crippen molar-refractivity contribution in [2.75, 3.05) is 13.2 Å². The van der Waals surface area contributed by atoms with Gasteiger partial charge in [0.1, 0.15) is 47.8 Å². The van der Waals surface area contributed by atoms with E-state index in [1.165, 1.54) is 17.2 Å². The summed E-state index contributed by atoms with van der Waals surface area (Å²) < 4.78 is 82.2. The summed E-state index contributed by atoms with van der Waals surface area (Å²) in [4.78, 5) is 75.0. The number of nitrogens with one attached hydrogen (secondary N) is 2. The molecule has 0 aromatic carbocycles. The van der Waals surface area contributed by atoms with Crippen LogP contribution in [0.3, 0.4) is 0 Å². The largest absolute Gasteiger partial charge is 0.490 e. The standard InChI is InChI=1S/C19H26N6O21P4S/c26-9-1-2-24(19(31)23-9)17-13(29)11(27)7(42-17)3-40-47(32,33)44-49(36,37)46-50(38,39)45-48(34,35)41-4-8-12(28)14(30)18(43-8)25-6-22-10-15(25)20-5-21-16(10)51/h1-2,5-8,11-14,17-18,27-30H,3-4H2,(H,32,33)(H,34,35)(H,36,37)(H,38,39)(H,20,21,51)(H,23,26,31)/t7-,8-,11-,12-,13-,14-,17+,18+/m1/s1. The molecule has 27 nitrogen and oxygen atoms in total. The number of imidazole rings is 1. The number of H-pyrrole nitrogens is 2. The summed E-state index contributed by atoms with van der Waals surface area (Å²) in [5.41, 5.74) is -1.45. The summed E-state index contributed by atoms with van der Waals surface area (Å²) in [5.74, 6) is 0. The van der Waals surface area contributed by atoms with Crippen molar-refractivity contribution < 1.29 is 89.7 Å². The molecule has 2 fully saturated rings. The van der Waals surface area contributed by atoms with E-state index < -0.39 is 105 Å². The smallest absolute Gasteiger partial charge is 0.387 e. The van der Waals surface area contributed by atoms with Crippen molar-refractivity contribution in [1.29, 1.82) is 0 Å². The predicted molar refractivity (Wildman–Crippen MR) is 160 cm³/mol. The van der Waals surface area contributed by atoms with Gasteiger partial charge in [-0.15, -0.1) is 0 Å². The Balaban J connectivity index is 1.14. The number of aromatic amines is 2. The summed E-state index contributed by atoms with van der Waals surface area (Å²) in [7, 11) is -24.0. The average Bonchev–Trinajstić information content (AvgIpc) is 3.64. The van der Waals surface area contributed by atoms with Crippen LogP contribution in [0.4, 0.5) is 0 Å². The molecular weight excluding hydrogens is 804 g/mol. The zero-order valence-corrected chi connectivity index (χ0v) is 29.1. The summed E-state index contributed by atoms with van der Waals surface area (Å²) in [6.45, 7) is -2.30. The molecule has 0 spiro atoms. The minimum Gasteiger partial charge on any atom is -0.387 e. The fourth-order valence-electron chi connectivity index (χ4n) is 4.69. The molecule has 10 N–H and O–H groups in total. The lowest BCUT2D eigenvalue weighted by Gasteiger charge is -2.21. The molecule has 0 saturated carbocycles. The first-order valence-corrected chi connectivity index (χ1v) is 20.0. The number of phosphoric acid groups is 4. The second-order valence-electron chi connectivity index (χ2n) is 10.4. The number of aromatic nitrogens is 6. The van der Waals surface area contributed by atoms with E-state index in [-0.39, 0.29) is 15.8 Å². The third-order valence-corrected chi connectivity index (χ3v) is 13.1. The topological polar surface area (TPSA) is 396 Å². The van der Waals surface area contributed by atoms with Crippen LogP contribution < -0.4 is 11.2 Å². The summed E-state index contributed by atoms with van der Waals surface area (Å²) in [5, 5.41) is 41.3. The van der Waals surface area contributed by atoms with Crippen LogP contribution in [0.1, 0.15) is 12.5 Å². The molecule has 51 heavy (non-hydrogen) atoms. The quantitative estimate of drug-likeness (QED) is 0.0606. The molecule has 0 amide bonds. The summed E-state index contributed by atoms with van der Waals surface area (Å²) >= 11 is 5.05. The number of rotatable bonds is 14. The summed E-state index contributed by atoms with van der Waals surface area (Å²) in [6, 6.07) is 0.877. The minimum atomic E-state index is -6.22. The van der Waals surface area contributed by atoms with Gasteiger partial charge in [-0.25, -0.2) is 33.0 Å². The van der Waals surface area contributed by atoms with Gasteiger partial charge in [-0.2, -0.15) is 12.9 Å². The Bertz CT molecular complexity index is 2140. The molecule has 0 bridgehead atoms. The summed E-state index contributed by atoms with van der Waals surface area (Å²) in [6.07, 6.45) is -10.3. The van der Waals surface area contributed by atoms with E-state index >= 15 is 0 Å². The molecule has 2 aliphatic rings. The van der Waals surface area contributed by atoms with E-state index in [1.807, 2.05) is 4.98 Å². The second kappa shape index (κ2) is 14.9. The number of hydrogen-bond donors (Lipinski definition) is 10. The number of phosphoric ester groups is 2. The van der Waals surface area contributed by atoms with Gasteiger partial charge >= 0.3 is 37.0 Å². The molecule has 0 radical (unpaired) electrons. The zero-order chi connectivity index (χ0) is 37.7. The van der Waals surface area contributed by atoms with E-state index in [2.05, 4.69) is 36.9 Å². The third-order valence-electron chi connectivity index (χ3n) is 6.88. The highest BCUT2D eigenvalue weighted by Crippen LogP contribution is 2.71. The highest BCUT2D eigenvalue weighted by Gasteiger charge is 2.50. The molecule has 12 atom stereocenters. The SMILES string of the molecule is O=c1ccn([C@H]2O[C@H](COP(=O)(O)OP(=O)(O)OP(=O)(O)OP(=O)(O)OC[C@H]3O[C@H](n4cnc5c(=S)nc[nH]c54)[C@H](O)[C@@H]3O)[C@@H](O)[C@H]2O)c(=O)[nH]1. The molecule has 4 unspecified atom stereocenters. The normalized spacial score (nSPS) is 31.5. The monoisotopic (exact) mass is 830 g/mol. The van der Waals surface area contributed by atoms with Crippen LogP contribution >= 0.6 is 43.5 Å². The number of ether oxygens (including phenoxy) is 2. The van der Waals surface area contributed by atoms with Crippen molar-refractivity contribution in [2.24, 2.45) is 0 Å². The molecule has 284 valence electrons. The first kappa shape index (κ1) is 40.0. The Kier molecular flexibility index (Phi) is 11.7. The van der Waals surface area contributed by atoms with Crippen molar-refractivity contribution in [3.8, 4) is 0 Å². The van der Waals surface area contributed by atoms with Crippen molar-refractivity contribution in [1.82, 2.24) is 29.1 Å². The first-order valence-electron chi connectivity index (χ1n) is 13.6. The zero-order valence-electron chi connectivity index (χ0n) is 24.7. The fraction of sp³-hybridized carbons (Fsp3) is 0.526. The van der Waals surface area contributed by atoms with E-state index in [0.717, 1.165) is 12.3 Å². The van der Waals surface area contributed by atoms with E-state index in [9.17, 15) is 67.8 Å². The fourth-order valence-corrected chi connectivity index (χ4v) is 9.85. The van der Waals surface area contributed by atoms with Gasteiger partial charge in [0.25, 0.3) is 5.56 Å². The number of hydrogen-bond acceptors (Lipinski definition) is 20. The van der Waals surface area contributed by atoms with E-state index in [4.69, 9.17) is 21.7 Å². The number of nitrogens with zero attached hydrogens (tertiary/aromatic N) is 4. The van der Waals surface area contributed by atoms with Gasteiger partial charge in [0.2, 0.25) is 0 Å². The van der Waals surface area contributed by atoms with Gasteiger partial charge in [0.05, 0.1) is 25.9 Å². The molecule has 5 rings (SSSR count). The number of aliphatic hydroxyl groups is 4. The second-order valence-corrected chi connectivity index (χ2v) is 17.0. The van der Waals surface area contributed by atoms with Crippen molar-refractivity contribution >= 4 is 54.7 Å². The predicted octanol–water partition coefficient (Wildman–Crippen LogP) is -2.24. The lowest BCUT2D eigenvalue weighted by molar-refractivity contribution is -0.0542. The van der Waals surface area contributed by atoms with Crippen LogP contribution in [-0.4, -0.2) is 119 Å². The lowest BCUT2D eigenvalue weighted by atomic mass is 10.1. The Hall–Kier alpha value is -2.23. The Labute approximate surface area is 286 Å². The lowest BCUT2D eigenvalue weighted by Crippen LogP contribution is -2.37. The van der Waals surface area contributed by atoms with Crippen LogP contribution in [0, 0.1) is 4.64 Å². The first-order chi connectivity index (χ1) is 23.6. The van der Waals surface area contributed by atoms with Crippen molar-refractivity contribution in [3.05, 3.63) is 50.4 Å². The molecule has 32 heteroatoms. The Morgan fingerprint density at radius 1 is 0.765 bits per heavy atom. The Morgan fingerprint density at radius 3 is 1.76 bits per heavy atom. The van der Waals surface area contributed by atoms with Crippen LogP contribution in [-0.2, 0) is 49.7 Å². The highest BCUT2D eigenvalue weighted by atomic mass is 32.1.